The summed E-state index contributed by atoms with van der Waals surface area (Å²) in [6, 6.07) is 14.7. The molecule has 2 N–H and O–H groups in total. The van der Waals surface area contributed by atoms with Crippen LogP contribution in [0.2, 0.25) is 0 Å². The van der Waals surface area contributed by atoms with Gasteiger partial charge in [-0.3, -0.25) is 4.79 Å². The van der Waals surface area contributed by atoms with E-state index in [2.05, 4.69) is 5.32 Å². The van der Waals surface area contributed by atoms with Gasteiger partial charge in [0, 0.05) is 13.6 Å². The van der Waals surface area contributed by atoms with Crippen molar-refractivity contribution in [1.29, 1.82) is 0 Å². The van der Waals surface area contributed by atoms with Crippen molar-refractivity contribution in [1.82, 2.24) is 10.2 Å². The minimum atomic E-state index is -0.940. The largest absolute Gasteiger partial charge is 0.493 e. The van der Waals surface area contributed by atoms with Crippen molar-refractivity contribution >= 4 is 12.0 Å². The maximum atomic E-state index is 12.5. The fraction of sp³-hybridized carbons (Fsp3) is 0.333. The Morgan fingerprint density at radius 1 is 1.07 bits per heavy atom. The van der Waals surface area contributed by atoms with Crippen molar-refractivity contribution in [3.05, 3.63) is 59.7 Å². The van der Waals surface area contributed by atoms with Gasteiger partial charge in [0.05, 0.1) is 26.7 Å². The van der Waals surface area contributed by atoms with Gasteiger partial charge < -0.3 is 24.8 Å². The maximum Gasteiger partial charge on any atom is 0.317 e. The molecule has 0 aromatic heterocycles. The topological polar surface area (TPSA) is 88.1 Å². The number of aliphatic carboxylic acids is 1. The monoisotopic (exact) mass is 386 g/mol. The van der Waals surface area contributed by atoms with Crippen LogP contribution in [0.1, 0.15) is 23.6 Å². The second kappa shape index (κ2) is 10.2. The zero-order valence-corrected chi connectivity index (χ0v) is 16.3. The molecule has 2 amide bonds. The number of carboxylic acids is 1. The zero-order valence-electron chi connectivity index (χ0n) is 16.3. The molecule has 0 saturated heterocycles. The average molecular weight is 386 g/mol. The van der Waals surface area contributed by atoms with E-state index in [9.17, 15) is 9.59 Å². The van der Waals surface area contributed by atoms with Crippen LogP contribution in [-0.4, -0.2) is 49.8 Å². The van der Waals surface area contributed by atoms with E-state index in [1.54, 1.807) is 21.3 Å². The summed E-state index contributed by atoms with van der Waals surface area (Å²) in [4.78, 5) is 24.6. The predicted molar refractivity (Wildman–Crippen MR) is 106 cm³/mol. The number of amides is 2. The SMILES string of the molecule is COc1ccc(CC(NC(=O)N(C)CCC(=O)O)c2ccccc2)cc1OC. The molecule has 0 aliphatic carbocycles. The van der Waals surface area contributed by atoms with Crippen LogP contribution in [0.5, 0.6) is 11.5 Å². The average Bonchev–Trinajstić information content (AvgIpc) is 2.71. The third-order valence-corrected chi connectivity index (χ3v) is 4.40. The smallest absolute Gasteiger partial charge is 0.317 e. The van der Waals surface area contributed by atoms with Crippen LogP contribution < -0.4 is 14.8 Å². The highest BCUT2D eigenvalue weighted by Gasteiger charge is 2.19. The summed E-state index contributed by atoms with van der Waals surface area (Å²) in [6.45, 7) is 0.138. The van der Waals surface area contributed by atoms with Gasteiger partial charge in [-0.05, 0) is 29.7 Å². The Morgan fingerprint density at radius 2 is 1.75 bits per heavy atom. The summed E-state index contributed by atoms with van der Waals surface area (Å²) in [6.07, 6.45) is 0.443. The minimum absolute atomic E-state index is 0.102. The first-order valence-electron chi connectivity index (χ1n) is 8.94. The van der Waals surface area contributed by atoms with Crippen LogP contribution in [0.15, 0.2) is 48.5 Å². The standard InChI is InChI=1S/C21H26N2O5/c1-23(12-11-20(24)25)21(26)22-17(16-7-5-4-6-8-16)13-15-9-10-18(27-2)19(14-15)28-3/h4-10,14,17H,11-13H2,1-3H3,(H,22,26)(H,24,25). The molecule has 2 aromatic rings. The first kappa shape index (κ1) is 21.1. The summed E-state index contributed by atoms with van der Waals surface area (Å²) in [7, 11) is 4.74. The molecule has 1 unspecified atom stereocenters. The Labute approximate surface area is 164 Å². The Bertz CT molecular complexity index is 795. The van der Waals surface area contributed by atoms with Crippen molar-refractivity contribution < 1.29 is 24.2 Å². The normalized spacial score (nSPS) is 11.4. The van der Waals surface area contributed by atoms with Gasteiger partial charge in [0.15, 0.2) is 11.5 Å². The molecule has 0 saturated carbocycles. The lowest BCUT2D eigenvalue weighted by Crippen LogP contribution is -2.40. The van der Waals surface area contributed by atoms with E-state index in [1.165, 1.54) is 4.90 Å². The molecule has 0 aliphatic rings. The number of nitrogens with one attached hydrogen (secondary N) is 1. The zero-order chi connectivity index (χ0) is 20.5. The van der Waals surface area contributed by atoms with Crippen LogP contribution in [0.4, 0.5) is 4.79 Å². The van der Waals surface area contributed by atoms with Crippen LogP contribution >= 0.6 is 0 Å². The quantitative estimate of drug-likeness (QED) is 0.691. The fourth-order valence-electron chi connectivity index (χ4n) is 2.81. The molecule has 1 atom stereocenters. The van der Waals surface area contributed by atoms with Crippen molar-refractivity contribution in [2.45, 2.75) is 18.9 Å². The summed E-state index contributed by atoms with van der Waals surface area (Å²) < 4.78 is 10.6. The van der Waals surface area contributed by atoms with Crippen LogP contribution in [0.3, 0.4) is 0 Å². The van der Waals surface area contributed by atoms with Crippen molar-refractivity contribution in [3.63, 3.8) is 0 Å². The van der Waals surface area contributed by atoms with Gasteiger partial charge in [-0.2, -0.15) is 0 Å². The second-order valence-electron chi connectivity index (χ2n) is 6.37. The Morgan fingerprint density at radius 3 is 2.36 bits per heavy atom. The molecule has 0 aliphatic heterocycles. The van der Waals surface area contributed by atoms with E-state index in [0.29, 0.717) is 17.9 Å². The van der Waals surface area contributed by atoms with Gasteiger partial charge in [-0.1, -0.05) is 36.4 Å². The maximum absolute atomic E-state index is 12.5. The molecule has 7 nitrogen and oxygen atoms in total. The number of hydrogen-bond donors (Lipinski definition) is 2. The molecule has 0 spiro atoms. The number of carbonyl (C=O) groups excluding carboxylic acids is 1. The first-order chi connectivity index (χ1) is 13.4. The molecule has 0 fully saturated rings. The molecule has 0 radical (unpaired) electrons. The number of ether oxygens (including phenoxy) is 2. The number of nitrogens with zero attached hydrogens (tertiary/aromatic N) is 1. The molecule has 150 valence electrons. The summed E-state index contributed by atoms with van der Waals surface area (Å²) in [5.74, 6) is 0.321. The van der Waals surface area contributed by atoms with Gasteiger partial charge in [-0.25, -0.2) is 4.79 Å². The van der Waals surface area contributed by atoms with E-state index in [1.807, 2.05) is 48.5 Å². The van der Waals surface area contributed by atoms with Crippen molar-refractivity contribution in [2.75, 3.05) is 27.8 Å². The van der Waals surface area contributed by atoms with E-state index in [0.717, 1.165) is 11.1 Å². The highest BCUT2D eigenvalue weighted by Crippen LogP contribution is 2.29. The molecular weight excluding hydrogens is 360 g/mol. The van der Waals surface area contributed by atoms with E-state index in [4.69, 9.17) is 14.6 Å². The molecule has 7 heteroatoms. The van der Waals surface area contributed by atoms with Gasteiger partial charge in [0.2, 0.25) is 0 Å². The Kier molecular flexibility index (Phi) is 7.68. The van der Waals surface area contributed by atoms with Gasteiger partial charge in [0.1, 0.15) is 0 Å². The summed E-state index contributed by atoms with van der Waals surface area (Å²) in [5, 5.41) is 11.8. The lowest BCUT2D eigenvalue weighted by Gasteiger charge is -2.24. The van der Waals surface area contributed by atoms with Crippen molar-refractivity contribution in [2.24, 2.45) is 0 Å². The Balaban J connectivity index is 2.19. The van der Waals surface area contributed by atoms with Gasteiger partial charge in [0.25, 0.3) is 0 Å². The van der Waals surface area contributed by atoms with Crippen LogP contribution in [-0.2, 0) is 11.2 Å². The first-order valence-corrected chi connectivity index (χ1v) is 8.94. The highest BCUT2D eigenvalue weighted by molar-refractivity contribution is 5.75. The second-order valence-corrected chi connectivity index (χ2v) is 6.37. The molecule has 2 aromatic carbocycles. The fourth-order valence-corrected chi connectivity index (χ4v) is 2.81. The lowest BCUT2D eigenvalue weighted by molar-refractivity contribution is -0.137. The van der Waals surface area contributed by atoms with Crippen molar-refractivity contribution in [3.8, 4) is 11.5 Å². The van der Waals surface area contributed by atoms with E-state index >= 15 is 0 Å². The third kappa shape index (κ3) is 5.90. The number of benzene rings is 2. The number of carboxylic acid groups (broad SMARTS) is 1. The number of carbonyl (C=O) groups is 2. The summed E-state index contributed by atoms with van der Waals surface area (Å²) in [5.41, 5.74) is 1.93. The third-order valence-electron chi connectivity index (χ3n) is 4.40. The van der Waals surface area contributed by atoms with Gasteiger partial charge in [-0.15, -0.1) is 0 Å². The van der Waals surface area contributed by atoms with Crippen LogP contribution in [0.25, 0.3) is 0 Å². The van der Waals surface area contributed by atoms with E-state index in [-0.39, 0.29) is 25.0 Å². The van der Waals surface area contributed by atoms with E-state index < -0.39 is 5.97 Å². The highest BCUT2D eigenvalue weighted by atomic mass is 16.5. The van der Waals surface area contributed by atoms with Gasteiger partial charge >= 0.3 is 12.0 Å². The predicted octanol–water partition coefficient (Wildman–Crippen LogP) is 3.10. The Hall–Kier alpha value is -3.22. The molecule has 28 heavy (non-hydrogen) atoms. The minimum Gasteiger partial charge on any atom is -0.493 e. The summed E-state index contributed by atoms with van der Waals surface area (Å²) >= 11 is 0. The number of rotatable bonds is 9. The molecule has 0 bridgehead atoms. The molecule has 0 heterocycles. The molecular formula is C21H26N2O5. The number of urea groups is 1. The lowest BCUT2D eigenvalue weighted by atomic mass is 9.98. The molecule has 2 rings (SSSR count). The number of hydrogen-bond acceptors (Lipinski definition) is 4. The van der Waals surface area contributed by atoms with Crippen LogP contribution in [0, 0.1) is 0 Å². The number of methoxy groups -OCH3 is 2.